The van der Waals surface area contributed by atoms with Gasteiger partial charge in [0, 0.05) is 64.1 Å². The van der Waals surface area contributed by atoms with Gasteiger partial charge in [-0.25, -0.2) is 4.39 Å². The number of fused-ring (bicyclic) bond motifs is 4. The van der Waals surface area contributed by atoms with Crippen molar-refractivity contribution in [1.29, 1.82) is 0 Å². The second kappa shape index (κ2) is 14.8. The Balaban J connectivity index is 0.992. The Morgan fingerprint density at radius 2 is 1.73 bits per heavy atom. The summed E-state index contributed by atoms with van der Waals surface area (Å²) in [6.07, 6.45) is 5.06. The Morgan fingerprint density at radius 1 is 0.945 bits per heavy atom. The molecule has 3 atom stereocenters. The maximum atomic E-state index is 16.2. The average molecular weight is 779 g/mol. The number of unbranched alkanes of at least 4 members (excludes halogenated alkanes) is 1. The number of hydrogen-bond acceptors (Lipinski definition) is 5. The number of halogens is 3. The van der Waals surface area contributed by atoms with Gasteiger partial charge in [0.25, 0.3) is 11.8 Å². The third kappa shape index (κ3) is 6.34. The van der Waals surface area contributed by atoms with Gasteiger partial charge in [0.05, 0.1) is 11.1 Å². The van der Waals surface area contributed by atoms with E-state index < -0.39 is 34.6 Å². The summed E-state index contributed by atoms with van der Waals surface area (Å²) in [7, 11) is 0. The third-order valence-corrected chi connectivity index (χ3v) is 12.1. The molecule has 1 saturated carbocycles. The van der Waals surface area contributed by atoms with Crippen molar-refractivity contribution in [3.8, 4) is 11.8 Å². The van der Waals surface area contributed by atoms with Crippen molar-refractivity contribution in [2.75, 3.05) is 17.2 Å². The second-order valence-electron chi connectivity index (χ2n) is 14.6. The number of carbonyl (C=O) groups excluding carboxylic acids is 4. The van der Waals surface area contributed by atoms with Crippen LogP contribution in [-0.4, -0.2) is 41.8 Å². The lowest BCUT2D eigenvalue weighted by Gasteiger charge is -2.47. The molecule has 2 spiro atoms. The van der Waals surface area contributed by atoms with E-state index in [4.69, 9.17) is 23.2 Å². The lowest BCUT2D eigenvalue weighted by Crippen LogP contribution is -2.60. The molecule has 3 aliphatic heterocycles. The van der Waals surface area contributed by atoms with Crippen molar-refractivity contribution in [1.82, 2.24) is 16.0 Å². The number of hydrogen-bond donors (Lipinski definition) is 5. The summed E-state index contributed by atoms with van der Waals surface area (Å²) < 4.78 is 16.2. The monoisotopic (exact) mass is 777 g/mol. The van der Waals surface area contributed by atoms with Gasteiger partial charge in [-0.15, -0.1) is 0 Å². The minimum atomic E-state index is -1.34. The van der Waals surface area contributed by atoms with Gasteiger partial charge in [-0.3, -0.25) is 24.5 Å². The van der Waals surface area contributed by atoms with Crippen LogP contribution in [0.5, 0.6) is 0 Å². The Labute approximate surface area is 328 Å². The minimum absolute atomic E-state index is 0.0834. The van der Waals surface area contributed by atoms with Gasteiger partial charge in [0.1, 0.15) is 11.2 Å². The van der Waals surface area contributed by atoms with Gasteiger partial charge in [-0.05, 0) is 90.6 Å². The molecule has 0 aromatic heterocycles. The zero-order valence-electron chi connectivity index (χ0n) is 29.8. The number of rotatable bonds is 7. The van der Waals surface area contributed by atoms with E-state index in [1.54, 1.807) is 54.6 Å². The SMILES string of the molecule is O=C(NCCCC#Cc1cccc2c1CNC2=O)c1ccc(NC(=O)[C@@H]2NC3(CCCCC3)[C@@]3(C(=O)Nc4cc(Cl)ccc43)[C@H]2c2cccc(Cl)c2F)cc1. The molecule has 3 heterocycles. The zero-order chi connectivity index (χ0) is 38.3. The summed E-state index contributed by atoms with van der Waals surface area (Å²) in [5.74, 6) is 3.54. The van der Waals surface area contributed by atoms with E-state index in [1.165, 1.54) is 6.07 Å². The molecule has 5 N–H and O–H groups in total. The first-order valence-electron chi connectivity index (χ1n) is 18.5. The summed E-state index contributed by atoms with van der Waals surface area (Å²) in [5.41, 5.74) is 2.46. The number of carbonyl (C=O) groups is 4. The summed E-state index contributed by atoms with van der Waals surface area (Å²) >= 11 is 12.7. The van der Waals surface area contributed by atoms with Crippen LogP contribution in [0, 0.1) is 17.7 Å². The Kier molecular flexibility index (Phi) is 9.88. The Bertz CT molecular complexity index is 2300. The molecule has 1 saturated heterocycles. The first-order chi connectivity index (χ1) is 26.6. The predicted octanol–water partition coefficient (Wildman–Crippen LogP) is 7.22. The molecule has 12 heteroatoms. The predicted molar refractivity (Wildman–Crippen MR) is 210 cm³/mol. The van der Waals surface area contributed by atoms with E-state index in [0.717, 1.165) is 30.4 Å². The van der Waals surface area contributed by atoms with Crippen molar-refractivity contribution < 1.29 is 23.6 Å². The molecule has 9 nitrogen and oxygen atoms in total. The number of nitrogens with one attached hydrogen (secondary N) is 5. The number of benzene rings is 4. The molecule has 0 bridgehead atoms. The van der Waals surface area contributed by atoms with Crippen molar-refractivity contribution in [3.63, 3.8) is 0 Å². The first kappa shape index (κ1) is 36.8. The molecular weight excluding hydrogens is 740 g/mol. The zero-order valence-corrected chi connectivity index (χ0v) is 31.3. The molecule has 8 rings (SSSR count). The van der Waals surface area contributed by atoms with Crippen molar-refractivity contribution in [2.24, 2.45) is 0 Å². The largest absolute Gasteiger partial charge is 0.352 e. The van der Waals surface area contributed by atoms with Crippen LogP contribution in [0.3, 0.4) is 0 Å². The highest BCUT2D eigenvalue weighted by molar-refractivity contribution is 6.31. The Morgan fingerprint density at radius 3 is 2.53 bits per heavy atom. The Hall–Kier alpha value is -5.21. The maximum absolute atomic E-state index is 16.2. The molecule has 4 aliphatic rings. The molecule has 55 heavy (non-hydrogen) atoms. The van der Waals surface area contributed by atoms with E-state index in [2.05, 4.69) is 38.4 Å². The maximum Gasteiger partial charge on any atom is 0.251 e. The lowest BCUT2D eigenvalue weighted by molar-refractivity contribution is -0.124. The quantitative estimate of drug-likeness (QED) is 0.100. The van der Waals surface area contributed by atoms with E-state index in [0.29, 0.717) is 71.9 Å². The van der Waals surface area contributed by atoms with Crippen LogP contribution in [0.15, 0.2) is 78.9 Å². The molecular formula is C43H38Cl2FN5O4. The third-order valence-electron chi connectivity index (χ3n) is 11.6. The van der Waals surface area contributed by atoms with Gasteiger partial charge < -0.3 is 21.3 Å². The minimum Gasteiger partial charge on any atom is -0.352 e. The molecule has 2 fully saturated rings. The van der Waals surface area contributed by atoms with Crippen molar-refractivity contribution >= 4 is 58.2 Å². The van der Waals surface area contributed by atoms with Crippen LogP contribution in [0.1, 0.15) is 93.8 Å². The fourth-order valence-electron chi connectivity index (χ4n) is 9.15. The number of anilines is 2. The summed E-state index contributed by atoms with van der Waals surface area (Å²) in [6.45, 7) is 0.893. The highest BCUT2D eigenvalue weighted by atomic mass is 35.5. The summed E-state index contributed by atoms with van der Waals surface area (Å²) in [4.78, 5) is 53.9. The smallest absolute Gasteiger partial charge is 0.251 e. The molecule has 0 unspecified atom stereocenters. The van der Waals surface area contributed by atoms with Crippen LogP contribution in [0.4, 0.5) is 15.8 Å². The highest BCUT2D eigenvalue weighted by Crippen LogP contribution is 2.62. The van der Waals surface area contributed by atoms with Crippen molar-refractivity contribution in [2.45, 2.75) is 74.4 Å². The summed E-state index contributed by atoms with van der Waals surface area (Å²) in [5, 5.41) is 15.7. The van der Waals surface area contributed by atoms with Crippen LogP contribution in [0.2, 0.25) is 10.0 Å². The lowest BCUT2D eigenvalue weighted by atomic mass is 9.55. The molecule has 1 aliphatic carbocycles. The van der Waals surface area contributed by atoms with Gasteiger partial charge in [-0.2, -0.15) is 0 Å². The highest BCUT2D eigenvalue weighted by Gasteiger charge is 2.72. The fourth-order valence-corrected chi connectivity index (χ4v) is 9.51. The number of amides is 4. The molecule has 0 radical (unpaired) electrons. The van der Waals surface area contributed by atoms with Crippen LogP contribution >= 0.6 is 23.2 Å². The van der Waals surface area contributed by atoms with E-state index >= 15 is 4.39 Å². The summed E-state index contributed by atoms with van der Waals surface area (Å²) in [6, 6.07) is 21.0. The van der Waals surface area contributed by atoms with Gasteiger partial charge in [0.15, 0.2) is 0 Å². The van der Waals surface area contributed by atoms with Crippen LogP contribution in [0.25, 0.3) is 0 Å². The fraction of sp³-hybridized carbons (Fsp3) is 0.302. The van der Waals surface area contributed by atoms with Gasteiger partial charge in [-0.1, -0.05) is 78.6 Å². The van der Waals surface area contributed by atoms with Gasteiger partial charge in [0.2, 0.25) is 11.8 Å². The second-order valence-corrected chi connectivity index (χ2v) is 15.4. The molecule has 4 aromatic carbocycles. The standard InChI is InChI=1S/C43H38Cl2FN5O4/c44-27-16-19-32-34(23-27)50-41(55)43(32)35(30-12-8-13-33(45)36(30)46)37(51-42(43)20-4-2-5-21-42)40(54)49-28-17-14-26(15-18-28)38(52)47-22-6-1-3-9-25-10-7-11-29-31(25)24-48-39(29)53/h7-8,10-19,23,35,37,51H,1-2,4-6,20-22,24H2,(H,47,52)(H,48,53)(H,49,54)(H,50,55)/t35-,37+,43+/m0/s1. The first-order valence-corrected chi connectivity index (χ1v) is 19.3. The topological polar surface area (TPSA) is 128 Å². The van der Waals surface area contributed by atoms with Crippen LogP contribution < -0.4 is 26.6 Å². The van der Waals surface area contributed by atoms with Crippen molar-refractivity contribution in [3.05, 3.63) is 128 Å². The molecule has 280 valence electrons. The molecule has 4 aromatic rings. The normalized spacial score (nSPS) is 21.7. The average Bonchev–Trinajstić information content (AvgIpc) is 3.81. The van der Waals surface area contributed by atoms with Crippen LogP contribution in [-0.2, 0) is 21.5 Å². The van der Waals surface area contributed by atoms with E-state index in [-0.39, 0.29) is 28.3 Å². The molecule has 4 amide bonds. The van der Waals surface area contributed by atoms with E-state index in [9.17, 15) is 19.2 Å². The van der Waals surface area contributed by atoms with Gasteiger partial charge >= 0.3 is 0 Å². The van der Waals surface area contributed by atoms with E-state index in [1.807, 2.05) is 18.2 Å².